The van der Waals surface area contributed by atoms with Gasteiger partial charge in [-0.05, 0) is 16.8 Å². The van der Waals surface area contributed by atoms with Crippen molar-refractivity contribution in [2.24, 2.45) is 0 Å². The first kappa shape index (κ1) is 16.2. The van der Waals surface area contributed by atoms with E-state index in [4.69, 9.17) is 27.9 Å². The number of rotatable bonds is 6. The molecular weight excluding hydrogens is 305 g/mol. The lowest BCUT2D eigenvalue weighted by Gasteiger charge is -2.16. The van der Waals surface area contributed by atoms with Gasteiger partial charge in [-0.3, -0.25) is 0 Å². The third kappa shape index (κ3) is 4.37. The van der Waals surface area contributed by atoms with Crippen LogP contribution in [0.5, 0.6) is 5.75 Å². The molecule has 1 N–H and O–H groups in total. The Morgan fingerprint density at radius 1 is 1.24 bits per heavy atom. The van der Waals surface area contributed by atoms with Gasteiger partial charge < -0.3 is 10.1 Å². The third-order valence-electron chi connectivity index (χ3n) is 3.17. The van der Waals surface area contributed by atoms with Gasteiger partial charge in [0.2, 0.25) is 0 Å². The van der Waals surface area contributed by atoms with Crippen LogP contribution >= 0.6 is 23.2 Å². The maximum absolute atomic E-state index is 5.90. The van der Waals surface area contributed by atoms with Crippen LogP contribution in [0.25, 0.3) is 10.8 Å². The van der Waals surface area contributed by atoms with E-state index in [0.29, 0.717) is 11.1 Å². The van der Waals surface area contributed by atoms with Crippen LogP contribution in [0.2, 0.25) is 0 Å². The van der Waals surface area contributed by atoms with Crippen LogP contribution in [-0.2, 0) is 6.54 Å². The number of nitrogens with one attached hydrogen (secondary N) is 1. The summed E-state index contributed by atoms with van der Waals surface area (Å²) in [5, 5.41) is 6.31. The molecule has 0 bridgehead atoms. The predicted octanol–water partition coefficient (Wildman–Crippen LogP) is 5.04. The standard InChI is InChI=1S/C17H19Cl2NO/c1-12(2)20-10-16-15-6-4-3-5-13(15)7-8-17(16)21-11-14(19)9-18/h3-9,12,20H,10-11H2,1-2H3. The van der Waals surface area contributed by atoms with E-state index in [1.165, 1.54) is 16.3 Å². The molecule has 0 radical (unpaired) electrons. The van der Waals surface area contributed by atoms with Gasteiger partial charge in [0.15, 0.2) is 0 Å². The highest BCUT2D eigenvalue weighted by atomic mass is 35.5. The van der Waals surface area contributed by atoms with Crippen LogP contribution in [0, 0.1) is 0 Å². The van der Waals surface area contributed by atoms with Crippen molar-refractivity contribution >= 4 is 34.0 Å². The second-order valence-electron chi connectivity index (χ2n) is 5.14. The highest BCUT2D eigenvalue weighted by Crippen LogP contribution is 2.28. The average molecular weight is 324 g/mol. The molecule has 0 aliphatic rings. The molecular formula is C17H19Cl2NO. The van der Waals surface area contributed by atoms with Crippen molar-refractivity contribution in [3.63, 3.8) is 0 Å². The molecule has 2 rings (SSSR count). The zero-order chi connectivity index (χ0) is 15.2. The summed E-state index contributed by atoms with van der Waals surface area (Å²) < 4.78 is 5.81. The van der Waals surface area contributed by atoms with Gasteiger partial charge in [0.1, 0.15) is 12.4 Å². The van der Waals surface area contributed by atoms with E-state index in [1.807, 2.05) is 18.2 Å². The lowest BCUT2D eigenvalue weighted by Crippen LogP contribution is -2.22. The SMILES string of the molecule is CC(C)NCc1c(OCC(Cl)=CCl)ccc2ccccc12. The molecule has 2 nitrogen and oxygen atoms in total. The minimum absolute atomic E-state index is 0.276. The Morgan fingerprint density at radius 3 is 2.71 bits per heavy atom. The molecule has 0 saturated carbocycles. The van der Waals surface area contributed by atoms with Crippen LogP contribution in [0.1, 0.15) is 19.4 Å². The smallest absolute Gasteiger partial charge is 0.125 e. The Bertz CT molecular complexity index is 638. The molecule has 0 aromatic heterocycles. The topological polar surface area (TPSA) is 21.3 Å². The van der Waals surface area contributed by atoms with Gasteiger partial charge in [-0.1, -0.05) is 67.4 Å². The number of ether oxygens (including phenoxy) is 1. The highest BCUT2D eigenvalue weighted by molar-refractivity contribution is 6.36. The summed E-state index contributed by atoms with van der Waals surface area (Å²) in [6, 6.07) is 12.7. The number of benzene rings is 2. The molecule has 0 fully saturated rings. The minimum atomic E-state index is 0.276. The maximum Gasteiger partial charge on any atom is 0.125 e. The van der Waals surface area contributed by atoms with E-state index in [-0.39, 0.29) is 6.61 Å². The van der Waals surface area contributed by atoms with Crippen molar-refractivity contribution in [1.29, 1.82) is 0 Å². The summed E-state index contributed by atoms with van der Waals surface area (Å²) in [5.74, 6) is 0.832. The van der Waals surface area contributed by atoms with E-state index >= 15 is 0 Å². The molecule has 2 aromatic carbocycles. The van der Waals surface area contributed by atoms with Gasteiger partial charge in [0.05, 0.1) is 5.03 Å². The van der Waals surface area contributed by atoms with Crippen molar-refractivity contribution in [3.05, 3.63) is 52.5 Å². The van der Waals surface area contributed by atoms with Crippen molar-refractivity contribution < 1.29 is 4.74 Å². The van der Waals surface area contributed by atoms with E-state index < -0.39 is 0 Å². The second-order valence-corrected chi connectivity index (χ2v) is 5.85. The Labute approximate surface area is 135 Å². The van der Waals surface area contributed by atoms with Crippen molar-refractivity contribution in [2.45, 2.75) is 26.4 Å². The van der Waals surface area contributed by atoms with Crippen LogP contribution in [0.15, 0.2) is 47.0 Å². The molecule has 0 aliphatic heterocycles. The summed E-state index contributed by atoms with van der Waals surface area (Å²) in [6.07, 6.45) is 0. The minimum Gasteiger partial charge on any atom is -0.488 e. The van der Waals surface area contributed by atoms with Gasteiger partial charge in [-0.2, -0.15) is 0 Å². The molecule has 21 heavy (non-hydrogen) atoms. The van der Waals surface area contributed by atoms with E-state index in [9.17, 15) is 0 Å². The fraction of sp³-hybridized carbons (Fsp3) is 0.294. The van der Waals surface area contributed by atoms with Crippen LogP contribution in [0.4, 0.5) is 0 Å². The van der Waals surface area contributed by atoms with Crippen LogP contribution in [0.3, 0.4) is 0 Å². The molecule has 2 aromatic rings. The van der Waals surface area contributed by atoms with Crippen LogP contribution < -0.4 is 10.1 Å². The number of fused-ring (bicyclic) bond motifs is 1. The fourth-order valence-electron chi connectivity index (χ4n) is 2.12. The Morgan fingerprint density at radius 2 is 2.00 bits per heavy atom. The van der Waals surface area contributed by atoms with Gasteiger partial charge in [0.25, 0.3) is 0 Å². The Balaban J connectivity index is 2.35. The summed E-state index contributed by atoms with van der Waals surface area (Å²) in [6.45, 7) is 5.27. The molecule has 0 aliphatic carbocycles. The van der Waals surface area contributed by atoms with E-state index in [1.54, 1.807) is 0 Å². The summed E-state index contributed by atoms with van der Waals surface area (Å²) in [7, 11) is 0. The second kappa shape index (κ2) is 7.69. The average Bonchev–Trinajstić information content (AvgIpc) is 2.50. The maximum atomic E-state index is 5.90. The summed E-state index contributed by atoms with van der Waals surface area (Å²) >= 11 is 11.5. The molecule has 112 valence electrons. The van der Waals surface area contributed by atoms with Gasteiger partial charge in [0, 0.05) is 23.7 Å². The molecule has 0 atom stereocenters. The lowest BCUT2D eigenvalue weighted by molar-refractivity contribution is 0.354. The molecule has 0 spiro atoms. The lowest BCUT2D eigenvalue weighted by atomic mass is 10.0. The van der Waals surface area contributed by atoms with Crippen molar-refractivity contribution in [1.82, 2.24) is 5.32 Å². The van der Waals surface area contributed by atoms with E-state index in [2.05, 4.69) is 37.4 Å². The predicted molar refractivity (Wildman–Crippen MR) is 91.2 cm³/mol. The monoisotopic (exact) mass is 323 g/mol. The number of hydrogen-bond donors (Lipinski definition) is 1. The molecule has 0 unspecified atom stereocenters. The first-order valence-corrected chi connectivity index (χ1v) is 7.75. The molecule has 0 amide bonds. The van der Waals surface area contributed by atoms with Crippen molar-refractivity contribution in [3.8, 4) is 5.75 Å². The van der Waals surface area contributed by atoms with Gasteiger partial charge in [-0.15, -0.1) is 0 Å². The van der Waals surface area contributed by atoms with Gasteiger partial charge in [-0.25, -0.2) is 0 Å². The molecule has 0 heterocycles. The fourth-order valence-corrected chi connectivity index (χ4v) is 2.24. The zero-order valence-electron chi connectivity index (χ0n) is 12.2. The quantitative estimate of drug-likeness (QED) is 0.804. The highest BCUT2D eigenvalue weighted by Gasteiger charge is 2.09. The molecule has 4 heteroatoms. The number of hydrogen-bond acceptors (Lipinski definition) is 2. The van der Waals surface area contributed by atoms with Crippen LogP contribution in [-0.4, -0.2) is 12.6 Å². The third-order valence-corrected chi connectivity index (χ3v) is 3.76. The summed E-state index contributed by atoms with van der Waals surface area (Å²) in [5.41, 5.74) is 2.47. The number of halogens is 2. The first-order valence-electron chi connectivity index (χ1n) is 6.93. The zero-order valence-corrected chi connectivity index (χ0v) is 13.7. The molecule has 0 saturated heterocycles. The normalized spacial score (nSPS) is 12.1. The van der Waals surface area contributed by atoms with E-state index in [0.717, 1.165) is 17.9 Å². The largest absolute Gasteiger partial charge is 0.488 e. The van der Waals surface area contributed by atoms with Gasteiger partial charge >= 0.3 is 0 Å². The Kier molecular flexibility index (Phi) is 5.92. The first-order chi connectivity index (χ1) is 10.1. The van der Waals surface area contributed by atoms with Crippen molar-refractivity contribution in [2.75, 3.05) is 6.61 Å². The summed E-state index contributed by atoms with van der Waals surface area (Å²) in [4.78, 5) is 0. The Hall–Kier alpha value is -1.22.